The van der Waals surface area contributed by atoms with Crippen LogP contribution in [0.2, 0.25) is 0 Å². The van der Waals surface area contributed by atoms with Crippen molar-refractivity contribution in [1.29, 1.82) is 0 Å². The van der Waals surface area contributed by atoms with Crippen LogP contribution < -0.4 is 0 Å². The van der Waals surface area contributed by atoms with Gasteiger partial charge < -0.3 is 5.11 Å². The monoisotopic (exact) mass is 304 g/mol. The number of aliphatic hydroxyl groups excluding tert-OH is 1. The lowest BCUT2D eigenvalue weighted by atomic mass is 9.82. The van der Waals surface area contributed by atoms with Crippen molar-refractivity contribution in [3.63, 3.8) is 0 Å². The number of carbonyl (C=O) groups is 1. The van der Waals surface area contributed by atoms with E-state index in [9.17, 15) is 9.90 Å². The van der Waals surface area contributed by atoms with E-state index < -0.39 is 0 Å². The van der Waals surface area contributed by atoms with Gasteiger partial charge in [0.05, 0.1) is 5.76 Å². The number of hydrogen-bond acceptors (Lipinski definition) is 2. The number of Topliss-reactive ketones (excluding diaryl/α,β-unsaturated/α-hetero) is 1. The highest BCUT2D eigenvalue weighted by Crippen LogP contribution is 2.34. The summed E-state index contributed by atoms with van der Waals surface area (Å²) in [6.07, 6.45) is 5.86. The Kier molecular flexibility index (Phi) is 4.72. The minimum absolute atomic E-state index is 0.0558. The zero-order valence-electron chi connectivity index (χ0n) is 13.0. The van der Waals surface area contributed by atoms with E-state index in [1.165, 1.54) is 0 Å². The largest absolute Gasteiger partial charge is 0.512 e. The molecule has 0 amide bonds. The summed E-state index contributed by atoms with van der Waals surface area (Å²) in [6, 6.07) is 19.9. The number of carbonyl (C=O) groups excluding carboxylic acids is 1. The second-order valence-corrected chi connectivity index (χ2v) is 5.80. The molecule has 2 nitrogen and oxygen atoms in total. The molecule has 0 fully saturated rings. The van der Waals surface area contributed by atoms with E-state index in [0.717, 1.165) is 17.5 Å². The van der Waals surface area contributed by atoms with Crippen molar-refractivity contribution in [3.05, 3.63) is 89.2 Å². The number of hydrogen-bond donors (Lipinski definition) is 1. The molecule has 1 aliphatic carbocycles. The molecular weight excluding hydrogens is 284 g/mol. The lowest BCUT2D eigenvalue weighted by Crippen LogP contribution is -2.17. The molecule has 0 aromatic heterocycles. The summed E-state index contributed by atoms with van der Waals surface area (Å²) in [4.78, 5) is 12.4. The fourth-order valence-electron chi connectivity index (χ4n) is 3.01. The van der Waals surface area contributed by atoms with Crippen LogP contribution in [-0.4, -0.2) is 10.9 Å². The highest BCUT2D eigenvalue weighted by Gasteiger charge is 2.27. The van der Waals surface area contributed by atoms with E-state index >= 15 is 0 Å². The van der Waals surface area contributed by atoms with E-state index in [4.69, 9.17) is 0 Å². The van der Waals surface area contributed by atoms with Crippen LogP contribution in [0.25, 0.3) is 6.08 Å². The lowest BCUT2D eigenvalue weighted by molar-refractivity contribution is -0.116. The van der Waals surface area contributed by atoms with Crippen LogP contribution in [0.1, 0.15) is 36.3 Å². The summed E-state index contributed by atoms with van der Waals surface area (Å²) in [5, 5.41) is 10.3. The third-order valence-electron chi connectivity index (χ3n) is 4.18. The average molecular weight is 304 g/mol. The molecule has 0 radical (unpaired) electrons. The average Bonchev–Trinajstić information content (AvgIpc) is 2.59. The zero-order chi connectivity index (χ0) is 16.1. The van der Waals surface area contributed by atoms with Crippen molar-refractivity contribution in [2.45, 2.75) is 25.2 Å². The number of benzene rings is 2. The standard InChI is InChI=1S/C21H20O2/c22-19-12-7-13-20(23)21(19)18(17-10-5-2-6-11-17)15-14-16-8-3-1-4-9-16/h1-6,8-11,14-15,18,22H,7,12-13H2/b15-14+. The van der Waals surface area contributed by atoms with Crippen molar-refractivity contribution in [1.82, 2.24) is 0 Å². The first-order valence-electron chi connectivity index (χ1n) is 7.99. The summed E-state index contributed by atoms with van der Waals surface area (Å²) < 4.78 is 0. The van der Waals surface area contributed by atoms with Crippen LogP contribution in [-0.2, 0) is 4.79 Å². The lowest BCUT2D eigenvalue weighted by Gasteiger charge is -2.22. The molecule has 3 rings (SSSR count). The Bertz CT molecular complexity index is 727. The van der Waals surface area contributed by atoms with E-state index in [-0.39, 0.29) is 17.5 Å². The number of ketones is 1. The third kappa shape index (κ3) is 3.59. The van der Waals surface area contributed by atoms with Gasteiger partial charge in [-0.3, -0.25) is 4.79 Å². The van der Waals surface area contributed by atoms with Crippen LogP contribution in [0.5, 0.6) is 0 Å². The second kappa shape index (κ2) is 7.10. The van der Waals surface area contributed by atoms with Crippen molar-refractivity contribution in [2.75, 3.05) is 0 Å². The molecule has 2 aromatic rings. The van der Waals surface area contributed by atoms with Gasteiger partial charge in [0, 0.05) is 24.3 Å². The molecule has 116 valence electrons. The molecule has 1 atom stereocenters. The molecule has 0 saturated heterocycles. The maximum absolute atomic E-state index is 12.4. The van der Waals surface area contributed by atoms with Gasteiger partial charge in [-0.1, -0.05) is 72.8 Å². The van der Waals surface area contributed by atoms with E-state index in [1.807, 2.05) is 72.8 Å². The summed E-state index contributed by atoms with van der Waals surface area (Å²) in [6.45, 7) is 0. The van der Waals surface area contributed by atoms with Crippen LogP contribution >= 0.6 is 0 Å². The fraction of sp³-hybridized carbons (Fsp3) is 0.190. The van der Waals surface area contributed by atoms with Crippen molar-refractivity contribution >= 4 is 11.9 Å². The molecule has 2 aromatic carbocycles. The first-order valence-corrected chi connectivity index (χ1v) is 7.99. The second-order valence-electron chi connectivity index (χ2n) is 5.80. The number of rotatable bonds is 4. The van der Waals surface area contributed by atoms with Crippen molar-refractivity contribution in [3.8, 4) is 0 Å². The van der Waals surface area contributed by atoms with E-state index in [1.54, 1.807) is 0 Å². The van der Waals surface area contributed by atoms with Crippen molar-refractivity contribution in [2.24, 2.45) is 0 Å². The Balaban J connectivity index is 2.01. The molecule has 0 aliphatic heterocycles. The first kappa shape index (κ1) is 15.3. The molecule has 1 unspecified atom stereocenters. The summed E-state index contributed by atoms with van der Waals surface area (Å²) in [5.41, 5.74) is 2.66. The highest BCUT2D eigenvalue weighted by atomic mass is 16.3. The normalized spacial score (nSPS) is 16.8. The molecule has 0 spiro atoms. The van der Waals surface area contributed by atoms with Crippen LogP contribution in [0.4, 0.5) is 0 Å². The third-order valence-corrected chi connectivity index (χ3v) is 4.18. The maximum Gasteiger partial charge on any atom is 0.163 e. The molecular formula is C21H20O2. The predicted molar refractivity (Wildman–Crippen MR) is 93.2 cm³/mol. The van der Waals surface area contributed by atoms with Crippen LogP contribution in [0.15, 0.2) is 78.1 Å². The van der Waals surface area contributed by atoms with Crippen molar-refractivity contribution < 1.29 is 9.90 Å². The highest BCUT2D eigenvalue weighted by molar-refractivity contribution is 5.98. The summed E-state index contributed by atoms with van der Waals surface area (Å²) in [5.74, 6) is 0.0948. The maximum atomic E-state index is 12.4. The van der Waals surface area contributed by atoms with E-state index in [0.29, 0.717) is 18.4 Å². The molecule has 1 N–H and O–H groups in total. The molecule has 1 aliphatic rings. The minimum Gasteiger partial charge on any atom is -0.512 e. The quantitative estimate of drug-likeness (QED) is 0.858. The van der Waals surface area contributed by atoms with Gasteiger partial charge in [-0.15, -0.1) is 0 Å². The Hall–Kier alpha value is -2.61. The Morgan fingerprint density at radius 2 is 1.57 bits per heavy atom. The minimum atomic E-state index is -0.204. The predicted octanol–water partition coefficient (Wildman–Crippen LogP) is 5.05. The van der Waals surface area contributed by atoms with Crippen LogP contribution in [0.3, 0.4) is 0 Å². The van der Waals surface area contributed by atoms with Gasteiger partial charge in [0.25, 0.3) is 0 Å². The number of allylic oxidation sites excluding steroid dienone is 3. The topological polar surface area (TPSA) is 37.3 Å². The van der Waals surface area contributed by atoms with Gasteiger partial charge in [0.1, 0.15) is 0 Å². The number of aliphatic hydroxyl groups is 1. The van der Waals surface area contributed by atoms with Gasteiger partial charge in [-0.25, -0.2) is 0 Å². The molecule has 2 heteroatoms. The Labute approximate surface area is 136 Å². The zero-order valence-corrected chi connectivity index (χ0v) is 13.0. The summed E-state index contributed by atoms with van der Waals surface area (Å²) >= 11 is 0. The van der Waals surface area contributed by atoms with Gasteiger partial charge in [-0.2, -0.15) is 0 Å². The van der Waals surface area contributed by atoms with Gasteiger partial charge in [-0.05, 0) is 17.5 Å². The molecule has 23 heavy (non-hydrogen) atoms. The smallest absolute Gasteiger partial charge is 0.163 e. The molecule has 0 heterocycles. The first-order chi connectivity index (χ1) is 11.3. The SMILES string of the molecule is O=C1CCCC(O)=C1C(/C=C/c1ccccc1)c1ccccc1. The van der Waals surface area contributed by atoms with Gasteiger partial charge >= 0.3 is 0 Å². The Morgan fingerprint density at radius 1 is 0.913 bits per heavy atom. The summed E-state index contributed by atoms with van der Waals surface area (Å²) in [7, 11) is 0. The molecule has 0 bridgehead atoms. The molecule has 0 saturated carbocycles. The van der Waals surface area contributed by atoms with Crippen LogP contribution in [0, 0.1) is 0 Å². The van der Waals surface area contributed by atoms with E-state index in [2.05, 4.69) is 0 Å². The van der Waals surface area contributed by atoms with Gasteiger partial charge in [0.2, 0.25) is 0 Å². The fourth-order valence-corrected chi connectivity index (χ4v) is 3.01. The van der Waals surface area contributed by atoms with Gasteiger partial charge in [0.15, 0.2) is 5.78 Å². The Morgan fingerprint density at radius 3 is 2.22 bits per heavy atom.